The monoisotopic (exact) mass is 410 g/mol. The summed E-state index contributed by atoms with van der Waals surface area (Å²) in [7, 11) is 1.79. The van der Waals surface area contributed by atoms with Gasteiger partial charge in [0.25, 0.3) is 5.91 Å². The van der Waals surface area contributed by atoms with Gasteiger partial charge in [0.2, 0.25) is 0 Å². The van der Waals surface area contributed by atoms with Gasteiger partial charge in [-0.25, -0.2) is 0 Å². The Bertz CT molecular complexity index is 783. The lowest BCUT2D eigenvalue weighted by molar-refractivity contribution is -0.182. The molecule has 1 aliphatic heterocycles. The van der Waals surface area contributed by atoms with Gasteiger partial charge in [0.05, 0.1) is 28.5 Å². The second-order valence-corrected chi connectivity index (χ2v) is 8.94. The molecule has 29 heavy (non-hydrogen) atoms. The summed E-state index contributed by atoms with van der Waals surface area (Å²) in [6.07, 6.45) is 0.295. The maximum Gasteiger partial charge on any atom is 0.391 e. The Morgan fingerprint density at radius 2 is 1.86 bits per heavy atom. The molecule has 0 unspecified atom stereocenters. The molecule has 1 aromatic carbocycles. The van der Waals surface area contributed by atoms with Gasteiger partial charge in [0, 0.05) is 26.2 Å². The standard InChI is InChI=1S/C21H29F3N4O/c1-26-17-11-18(28-9-8-20(12-28)6-7-20)15(10-16(17)25)19(29)27-14-4-2-13(3-5-14)21(22,23)24/h10-11,13-14,26H,2-9,12,25H2,1H3,(H,27,29). The van der Waals surface area contributed by atoms with Gasteiger partial charge in [0.1, 0.15) is 0 Å². The van der Waals surface area contributed by atoms with Crippen molar-refractivity contribution in [3.05, 3.63) is 17.7 Å². The normalized spacial score (nSPS) is 25.9. The molecule has 4 rings (SSSR count). The fourth-order valence-electron chi connectivity index (χ4n) is 4.82. The van der Waals surface area contributed by atoms with Crippen molar-refractivity contribution in [2.75, 3.05) is 36.1 Å². The van der Waals surface area contributed by atoms with E-state index in [0.717, 1.165) is 30.9 Å². The SMILES string of the molecule is CNc1cc(N2CCC3(CC3)C2)c(C(=O)NC2CCC(C(F)(F)F)CC2)cc1N. The summed E-state index contributed by atoms with van der Waals surface area (Å²) in [5, 5.41) is 6.04. The molecule has 5 nitrogen and oxygen atoms in total. The third kappa shape index (κ3) is 4.12. The van der Waals surface area contributed by atoms with E-state index in [1.54, 1.807) is 13.1 Å². The zero-order valence-electron chi connectivity index (χ0n) is 16.7. The Hall–Kier alpha value is -2.12. The van der Waals surface area contributed by atoms with Gasteiger partial charge in [-0.15, -0.1) is 0 Å². The molecule has 1 amide bonds. The molecule has 0 aromatic heterocycles. The summed E-state index contributed by atoms with van der Waals surface area (Å²) in [6.45, 7) is 1.85. The van der Waals surface area contributed by atoms with Crippen LogP contribution in [0.3, 0.4) is 0 Å². The Balaban J connectivity index is 1.50. The van der Waals surface area contributed by atoms with Crippen molar-refractivity contribution in [3.63, 3.8) is 0 Å². The first-order valence-corrected chi connectivity index (χ1v) is 10.4. The van der Waals surface area contributed by atoms with Gasteiger partial charge in [-0.05, 0) is 62.5 Å². The molecular formula is C21H29F3N4O. The summed E-state index contributed by atoms with van der Waals surface area (Å²) in [5.41, 5.74) is 9.16. The summed E-state index contributed by atoms with van der Waals surface area (Å²) in [4.78, 5) is 15.3. The molecule has 8 heteroatoms. The number of carbonyl (C=O) groups excluding carboxylic acids is 1. The molecule has 2 aliphatic carbocycles. The Morgan fingerprint density at radius 1 is 1.17 bits per heavy atom. The topological polar surface area (TPSA) is 70.4 Å². The van der Waals surface area contributed by atoms with E-state index in [0.29, 0.717) is 29.5 Å². The van der Waals surface area contributed by atoms with Gasteiger partial charge in [0.15, 0.2) is 0 Å². The fraction of sp³-hybridized carbons (Fsp3) is 0.667. The van der Waals surface area contributed by atoms with Crippen LogP contribution in [-0.2, 0) is 0 Å². The number of carbonyl (C=O) groups is 1. The molecule has 1 aromatic rings. The Labute approximate surface area is 169 Å². The van der Waals surface area contributed by atoms with Crippen molar-refractivity contribution in [1.29, 1.82) is 0 Å². The van der Waals surface area contributed by atoms with Crippen LogP contribution in [0, 0.1) is 11.3 Å². The number of rotatable bonds is 4. The van der Waals surface area contributed by atoms with Crippen LogP contribution in [0.15, 0.2) is 12.1 Å². The van der Waals surface area contributed by atoms with Gasteiger partial charge >= 0.3 is 6.18 Å². The summed E-state index contributed by atoms with van der Waals surface area (Å²) in [6, 6.07) is 3.38. The predicted octanol–water partition coefficient (Wildman–Crippen LogP) is 4.15. The van der Waals surface area contributed by atoms with Crippen molar-refractivity contribution in [3.8, 4) is 0 Å². The highest BCUT2D eigenvalue weighted by molar-refractivity contribution is 6.02. The zero-order valence-corrected chi connectivity index (χ0v) is 16.7. The zero-order chi connectivity index (χ0) is 20.8. The highest BCUT2D eigenvalue weighted by Crippen LogP contribution is 2.53. The van der Waals surface area contributed by atoms with Crippen molar-refractivity contribution in [2.24, 2.45) is 11.3 Å². The number of nitrogen functional groups attached to an aromatic ring is 1. The number of alkyl halides is 3. The minimum Gasteiger partial charge on any atom is -0.397 e. The van der Waals surface area contributed by atoms with Gasteiger partial charge in [-0.1, -0.05) is 0 Å². The molecular weight excluding hydrogens is 381 g/mol. The molecule has 0 radical (unpaired) electrons. The molecule has 3 fully saturated rings. The molecule has 2 saturated carbocycles. The third-order valence-corrected chi connectivity index (χ3v) is 6.94. The first-order chi connectivity index (χ1) is 13.7. The summed E-state index contributed by atoms with van der Waals surface area (Å²) < 4.78 is 38.7. The maximum atomic E-state index is 13.1. The highest BCUT2D eigenvalue weighted by Gasteiger charge is 2.48. The van der Waals surface area contributed by atoms with Crippen LogP contribution in [0.25, 0.3) is 0 Å². The van der Waals surface area contributed by atoms with E-state index in [1.807, 2.05) is 6.07 Å². The number of amides is 1. The van der Waals surface area contributed by atoms with Crippen LogP contribution in [0.4, 0.5) is 30.2 Å². The van der Waals surface area contributed by atoms with Crippen LogP contribution >= 0.6 is 0 Å². The second-order valence-electron chi connectivity index (χ2n) is 8.94. The first kappa shape index (κ1) is 20.2. The number of benzene rings is 1. The summed E-state index contributed by atoms with van der Waals surface area (Å²) >= 11 is 0. The lowest BCUT2D eigenvalue weighted by Gasteiger charge is -2.31. The van der Waals surface area contributed by atoms with Crippen molar-refractivity contribution >= 4 is 23.0 Å². The van der Waals surface area contributed by atoms with E-state index in [2.05, 4.69) is 15.5 Å². The lowest BCUT2D eigenvalue weighted by atomic mass is 9.85. The van der Waals surface area contributed by atoms with Gasteiger partial charge in [-0.3, -0.25) is 4.79 Å². The number of anilines is 3. The Morgan fingerprint density at radius 3 is 2.41 bits per heavy atom. The smallest absolute Gasteiger partial charge is 0.391 e. The largest absolute Gasteiger partial charge is 0.397 e. The van der Waals surface area contributed by atoms with Crippen molar-refractivity contribution in [2.45, 2.75) is 57.2 Å². The number of nitrogens with two attached hydrogens (primary N) is 1. The number of nitrogens with one attached hydrogen (secondary N) is 2. The number of nitrogens with zero attached hydrogens (tertiary/aromatic N) is 1. The van der Waals surface area contributed by atoms with Crippen molar-refractivity contribution in [1.82, 2.24) is 5.32 Å². The molecule has 1 heterocycles. The van der Waals surface area contributed by atoms with E-state index >= 15 is 0 Å². The number of halogens is 3. The quantitative estimate of drug-likeness (QED) is 0.652. The molecule has 4 N–H and O–H groups in total. The predicted molar refractivity (Wildman–Crippen MR) is 108 cm³/mol. The summed E-state index contributed by atoms with van der Waals surface area (Å²) in [5.74, 6) is -1.50. The average Bonchev–Trinajstić information content (AvgIpc) is 3.30. The molecule has 0 bridgehead atoms. The van der Waals surface area contributed by atoms with E-state index in [1.165, 1.54) is 12.8 Å². The van der Waals surface area contributed by atoms with E-state index < -0.39 is 12.1 Å². The minimum atomic E-state index is -4.14. The molecule has 1 spiro atoms. The first-order valence-electron chi connectivity index (χ1n) is 10.4. The van der Waals surface area contributed by atoms with Crippen LogP contribution < -0.4 is 21.3 Å². The van der Waals surface area contributed by atoms with Gasteiger partial charge in [-0.2, -0.15) is 13.2 Å². The second kappa shape index (κ2) is 7.29. The fourth-order valence-corrected chi connectivity index (χ4v) is 4.82. The average molecular weight is 410 g/mol. The maximum absolute atomic E-state index is 13.1. The van der Waals surface area contributed by atoms with Crippen LogP contribution in [0.5, 0.6) is 0 Å². The molecule has 1 saturated heterocycles. The Kier molecular flexibility index (Phi) is 5.07. The molecule has 0 atom stereocenters. The van der Waals surface area contributed by atoms with Crippen LogP contribution in [-0.4, -0.2) is 38.3 Å². The number of hydrogen-bond donors (Lipinski definition) is 3. The van der Waals surface area contributed by atoms with E-state index in [9.17, 15) is 18.0 Å². The van der Waals surface area contributed by atoms with Gasteiger partial charge < -0.3 is 21.3 Å². The third-order valence-electron chi connectivity index (χ3n) is 6.94. The van der Waals surface area contributed by atoms with Crippen LogP contribution in [0.2, 0.25) is 0 Å². The molecule has 3 aliphatic rings. The van der Waals surface area contributed by atoms with E-state index in [-0.39, 0.29) is 24.8 Å². The lowest BCUT2D eigenvalue weighted by Crippen LogP contribution is -2.40. The minimum absolute atomic E-state index is 0.0663. The number of hydrogen-bond acceptors (Lipinski definition) is 4. The van der Waals surface area contributed by atoms with Crippen LogP contribution in [0.1, 0.15) is 55.3 Å². The van der Waals surface area contributed by atoms with E-state index in [4.69, 9.17) is 5.73 Å². The van der Waals surface area contributed by atoms with Crippen molar-refractivity contribution < 1.29 is 18.0 Å². The highest BCUT2D eigenvalue weighted by atomic mass is 19.4. The molecule has 160 valence electrons.